The summed E-state index contributed by atoms with van der Waals surface area (Å²) in [6, 6.07) is 5.89. The van der Waals surface area contributed by atoms with E-state index in [1.54, 1.807) is 0 Å². The molecule has 13 heavy (non-hydrogen) atoms. The van der Waals surface area contributed by atoms with Crippen molar-refractivity contribution < 1.29 is 9.13 Å². The van der Waals surface area contributed by atoms with Gasteiger partial charge >= 0.3 is 0 Å². The fourth-order valence-electron chi connectivity index (χ4n) is 0.920. The zero-order chi connectivity index (χ0) is 9.68. The summed E-state index contributed by atoms with van der Waals surface area (Å²) in [7, 11) is 0. The number of hydrogen-bond acceptors (Lipinski definition) is 2. The molecule has 0 aliphatic carbocycles. The van der Waals surface area contributed by atoms with Crippen LogP contribution < -0.4 is 4.74 Å². The van der Waals surface area contributed by atoms with Gasteiger partial charge in [-0.1, -0.05) is 12.7 Å². The second kappa shape index (κ2) is 4.27. The van der Waals surface area contributed by atoms with Crippen molar-refractivity contribution >= 4 is 6.08 Å². The van der Waals surface area contributed by atoms with Crippen LogP contribution in [0.5, 0.6) is 5.75 Å². The number of nitrogens with zero attached hydrogens (tertiary/aromatic N) is 1. The molecule has 0 spiro atoms. The predicted octanol–water partition coefficient (Wildman–Crippen LogP) is 2.37. The van der Waals surface area contributed by atoms with Crippen molar-refractivity contribution in [3.63, 3.8) is 0 Å². The molecule has 0 atom stereocenters. The van der Waals surface area contributed by atoms with E-state index in [4.69, 9.17) is 10.00 Å². The van der Waals surface area contributed by atoms with Crippen molar-refractivity contribution in [2.24, 2.45) is 0 Å². The maximum Gasteiger partial charge on any atom is 0.174 e. The molecule has 0 aliphatic heterocycles. The van der Waals surface area contributed by atoms with Crippen LogP contribution in [0.3, 0.4) is 0 Å². The van der Waals surface area contributed by atoms with Gasteiger partial charge in [0.25, 0.3) is 0 Å². The number of ether oxygens (including phenoxy) is 1. The van der Waals surface area contributed by atoms with Crippen molar-refractivity contribution in [2.75, 3.05) is 6.61 Å². The Morgan fingerprint density at radius 2 is 2.38 bits per heavy atom. The number of rotatable bonds is 3. The molecule has 0 radical (unpaired) electrons. The van der Waals surface area contributed by atoms with Crippen molar-refractivity contribution in [1.82, 2.24) is 0 Å². The summed E-state index contributed by atoms with van der Waals surface area (Å²) in [5.74, 6) is 0.122. The van der Waals surface area contributed by atoms with Gasteiger partial charge in [0.15, 0.2) is 6.61 Å². The molecule has 0 N–H and O–H groups in total. The first-order valence-corrected chi connectivity index (χ1v) is 3.69. The zero-order valence-corrected chi connectivity index (χ0v) is 6.96. The van der Waals surface area contributed by atoms with E-state index in [0.717, 1.165) is 0 Å². The Kier molecular flexibility index (Phi) is 3.04. The summed E-state index contributed by atoms with van der Waals surface area (Å²) >= 11 is 0. The molecule has 0 amide bonds. The van der Waals surface area contributed by atoms with Gasteiger partial charge in [-0.2, -0.15) is 5.26 Å². The zero-order valence-electron chi connectivity index (χ0n) is 6.96. The lowest BCUT2D eigenvalue weighted by atomic mass is 10.2. The van der Waals surface area contributed by atoms with E-state index in [2.05, 4.69) is 6.58 Å². The van der Waals surface area contributed by atoms with Crippen molar-refractivity contribution in [2.45, 2.75) is 0 Å². The van der Waals surface area contributed by atoms with Crippen LogP contribution in [-0.4, -0.2) is 6.61 Å². The van der Waals surface area contributed by atoms with Gasteiger partial charge in [-0.05, 0) is 18.2 Å². The average molecular weight is 177 g/mol. The first-order valence-electron chi connectivity index (χ1n) is 3.69. The third kappa shape index (κ3) is 2.31. The fourth-order valence-corrected chi connectivity index (χ4v) is 0.920. The Balaban J connectivity index is 2.93. The van der Waals surface area contributed by atoms with Crippen molar-refractivity contribution in [3.05, 3.63) is 36.2 Å². The maximum absolute atomic E-state index is 12.7. The van der Waals surface area contributed by atoms with Gasteiger partial charge in [-0.15, -0.1) is 0 Å². The van der Waals surface area contributed by atoms with Crippen LogP contribution >= 0.6 is 0 Å². The summed E-state index contributed by atoms with van der Waals surface area (Å²) in [4.78, 5) is 0. The molecule has 2 nitrogen and oxygen atoms in total. The van der Waals surface area contributed by atoms with Gasteiger partial charge in [-0.25, -0.2) is 4.39 Å². The van der Waals surface area contributed by atoms with Crippen molar-refractivity contribution in [3.8, 4) is 11.8 Å². The second-order valence-electron chi connectivity index (χ2n) is 2.33. The molecule has 0 saturated carbocycles. The highest BCUT2D eigenvalue weighted by Crippen LogP contribution is 2.20. The Labute approximate surface area is 75.9 Å². The van der Waals surface area contributed by atoms with Gasteiger partial charge in [-0.3, -0.25) is 0 Å². The molecule has 1 rings (SSSR count). The Morgan fingerprint density at radius 1 is 1.62 bits per heavy atom. The minimum absolute atomic E-state index is 0.0491. The minimum Gasteiger partial charge on any atom is -0.478 e. The summed E-state index contributed by atoms with van der Waals surface area (Å²) in [6.45, 7) is 3.46. The van der Waals surface area contributed by atoms with Crippen LogP contribution in [0, 0.1) is 17.1 Å². The summed E-state index contributed by atoms with van der Waals surface area (Å²) in [5, 5.41) is 8.27. The van der Waals surface area contributed by atoms with Gasteiger partial charge in [0.05, 0.1) is 0 Å². The van der Waals surface area contributed by atoms with E-state index >= 15 is 0 Å². The lowest BCUT2D eigenvalue weighted by Crippen LogP contribution is -1.95. The molecule has 1 aromatic carbocycles. The Hall–Kier alpha value is -1.82. The molecule has 66 valence electrons. The summed E-state index contributed by atoms with van der Waals surface area (Å²) in [5.41, 5.74) is 0.551. The SMILES string of the molecule is C=Cc1cc(F)ccc1OCC#N. The van der Waals surface area contributed by atoms with E-state index < -0.39 is 0 Å². The van der Waals surface area contributed by atoms with E-state index in [9.17, 15) is 4.39 Å². The molecule has 0 bridgehead atoms. The van der Waals surface area contributed by atoms with Crippen LogP contribution in [-0.2, 0) is 0 Å². The molecule has 0 aromatic heterocycles. The highest BCUT2D eigenvalue weighted by atomic mass is 19.1. The molecule has 0 fully saturated rings. The standard InChI is InChI=1S/C10H8FNO/c1-2-8-7-9(11)3-4-10(8)13-6-5-12/h2-4,7H,1,6H2. The van der Waals surface area contributed by atoms with Crippen LogP contribution in [0.1, 0.15) is 5.56 Å². The lowest BCUT2D eigenvalue weighted by molar-refractivity contribution is 0.366. The molecule has 0 saturated heterocycles. The van der Waals surface area contributed by atoms with Crippen LogP contribution in [0.4, 0.5) is 4.39 Å². The van der Waals surface area contributed by atoms with Gasteiger partial charge < -0.3 is 4.74 Å². The molecule has 3 heteroatoms. The van der Waals surface area contributed by atoms with Gasteiger partial charge in [0.2, 0.25) is 0 Å². The summed E-state index contributed by atoms with van der Waals surface area (Å²) in [6.07, 6.45) is 1.48. The fraction of sp³-hybridized carbons (Fsp3) is 0.100. The number of hydrogen-bond donors (Lipinski definition) is 0. The van der Waals surface area contributed by atoms with E-state index in [1.807, 2.05) is 6.07 Å². The molecule has 0 aliphatic rings. The molecule has 0 heterocycles. The van der Waals surface area contributed by atoms with Gasteiger partial charge in [0.1, 0.15) is 17.6 Å². The average Bonchev–Trinajstić information content (AvgIpc) is 2.16. The van der Waals surface area contributed by atoms with E-state index in [1.165, 1.54) is 24.3 Å². The van der Waals surface area contributed by atoms with Crippen LogP contribution in [0.25, 0.3) is 6.08 Å². The highest BCUT2D eigenvalue weighted by Gasteiger charge is 2.01. The van der Waals surface area contributed by atoms with E-state index in [0.29, 0.717) is 11.3 Å². The third-order valence-electron chi connectivity index (χ3n) is 1.48. The second-order valence-corrected chi connectivity index (χ2v) is 2.33. The lowest BCUT2D eigenvalue weighted by Gasteiger charge is -2.04. The molecular weight excluding hydrogens is 169 g/mol. The number of nitriles is 1. The first kappa shape index (κ1) is 9.27. The topological polar surface area (TPSA) is 33.0 Å². The third-order valence-corrected chi connectivity index (χ3v) is 1.48. The van der Waals surface area contributed by atoms with Crippen LogP contribution in [0.15, 0.2) is 24.8 Å². The molecule has 0 unspecified atom stereocenters. The Morgan fingerprint density at radius 3 is 3.00 bits per heavy atom. The molecule has 1 aromatic rings. The predicted molar refractivity (Wildman–Crippen MR) is 47.6 cm³/mol. The van der Waals surface area contributed by atoms with Crippen LogP contribution in [0.2, 0.25) is 0 Å². The maximum atomic E-state index is 12.7. The summed E-state index contributed by atoms with van der Waals surface area (Å²) < 4.78 is 17.7. The highest BCUT2D eigenvalue weighted by molar-refractivity contribution is 5.55. The first-order chi connectivity index (χ1) is 6.27. The van der Waals surface area contributed by atoms with Crippen molar-refractivity contribution in [1.29, 1.82) is 5.26 Å². The van der Waals surface area contributed by atoms with E-state index in [-0.39, 0.29) is 12.4 Å². The largest absolute Gasteiger partial charge is 0.478 e. The van der Waals surface area contributed by atoms with Gasteiger partial charge in [0, 0.05) is 5.56 Å². The molecular formula is C10H8FNO. The number of benzene rings is 1. The Bertz CT molecular complexity index is 354. The quantitative estimate of drug-likeness (QED) is 0.710. The smallest absolute Gasteiger partial charge is 0.174 e. The monoisotopic (exact) mass is 177 g/mol. The number of halogens is 1. The minimum atomic E-state index is -0.348. The normalized spacial score (nSPS) is 8.92.